The van der Waals surface area contributed by atoms with E-state index in [2.05, 4.69) is 27.8 Å². The SMILES string of the molecule is CCCOc1ncc(Br)cc1C. The normalized spacial score (nSPS) is 9.92. The van der Waals surface area contributed by atoms with Crippen LogP contribution in [0, 0.1) is 6.92 Å². The molecule has 0 saturated carbocycles. The highest BCUT2D eigenvalue weighted by Crippen LogP contribution is 2.18. The fraction of sp³-hybridized carbons (Fsp3) is 0.444. The van der Waals surface area contributed by atoms with E-state index in [0.29, 0.717) is 0 Å². The zero-order chi connectivity index (χ0) is 8.97. The van der Waals surface area contributed by atoms with E-state index < -0.39 is 0 Å². The predicted molar refractivity (Wildman–Crippen MR) is 52.5 cm³/mol. The van der Waals surface area contributed by atoms with Gasteiger partial charge in [-0.05, 0) is 35.3 Å². The second-order valence-corrected chi connectivity index (χ2v) is 3.54. The highest BCUT2D eigenvalue weighted by atomic mass is 79.9. The second-order valence-electron chi connectivity index (χ2n) is 2.62. The number of ether oxygens (including phenoxy) is 1. The van der Waals surface area contributed by atoms with Gasteiger partial charge in [-0.2, -0.15) is 0 Å². The maximum Gasteiger partial charge on any atom is 0.216 e. The molecule has 1 aromatic heterocycles. The van der Waals surface area contributed by atoms with E-state index in [-0.39, 0.29) is 0 Å². The molecule has 1 rings (SSSR count). The standard InChI is InChI=1S/C9H12BrNO/c1-3-4-12-9-7(2)5-8(10)6-11-9/h5-6H,3-4H2,1-2H3. The Labute approximate surface area is 81.1 Å². The maximum absolute atomic E-state index is 5.41. The summed E-state index contributed by atoms with van der Waals surface area (Å²) in [5, 5.41) is 0. The van der Waals surface area contributed by atoms with Crippen molar-refractivity contribution in [2.45, 2.75) is 20.3 Å². The van der Waals surface area contributed by atoms with Gasteiger partial charge in [0.05, 0.1) is 6.61 Å². The first-order valence-electron chi connectivity index (χ1n) is 3.99. The second kappa shape index (κ2) is 4.45. The summed E-state index contributed by atoms with van der Waals surface area (Å²) in [6, 6.07) is 2.00. The van der Waals surface area contributed by atoms with E-state index in [4.69, 9.17) is 4.74 Å². The summed E-state index contributed by atoms with van der Waals surface area (Å²) in [5.74, 6) is 0.736. The maximum atomic E-state index is 5.41. The Morgan fingerprint density at radius 3 is 2.92 bits per heavy atom. The van der Waals surface area contributed by atoms with Crippen molar-refractivity contribution in [3.63, 3.8) is 0 Å². The van der Waals surface area contributed by atoms with E-state index in [1.807, 2.05) is 13.0 Å². The van der Waals surface area contributed by atoms with Crippen molar-refractivity contribution in [1.82, 2.24) is 4.98 Å². The van der Waals surface area contributed by atoms with Crippen LogP contribution in [0.25, 0.3) is 0 Å². The fourth-order valence-electron chi connectivity index (χ4n) is 0.878. The molecule has 0 atom stereocenters. The van der Waals surface area contributed by atoms with Crippen LogP contribution in [0.2, 0.25) is 0 Å². The third kappa shape index (κ3) is 2.48. The van der Waals surface area contributed by atoms with Crippen LogP contribution in [0.3, 0.4) is 0 Å². The summed E-state index contributed by atoms with van der Waals surface area (Å²) in [7, 11) is 0. The van der Waals surface area contributed by atoms with E-state index in [9.17, 15) is 0 Å². The van der Waals surface area contributed by atoms with Gasteiger partial charge in [0, 0.05) is 16.2 Å². The minimum Gasteiger partial charge on any atom is -0.477 e. The Balaban J connectivity index is 2.72. The van der Waals surface area contributed by atoms with E-state index in [0.717, 1.165) is 28.9 Å². The monoisotopic (exact) mass is 229 g/mol. The summed E-state index contributed by atoms with van der Waals surface area (Å²) in [4.78, 5) is 4.15. The quantitative estimate of drug-likeness (QED) is 0.796. The Morgan fingerprint density at radius 1 is 1.58 bits per heavy atom. The Bertz CT molecular complexity index is 263. The van der Waals surface area contributed by atoms with E-state index >= 15 is 0 Å². The van der Waals surface area contributed by atoms with Crippen molar-refractivity contribution in [2.75, 3.05) is 6.61 Å². The largest absolute Gasteiger partial charge is 0.477 e. The fourth-order valence-corrected chi connectivity index (χ4v) is 1.32. The predicted octanol–water partition coefficient (Wildman–Crippen LogP) is 2.94. The first kappa shape index (κ1) is 9.52. The molecule has 0 spiro atoms. The molecule has 66 valence electrons. The van der Waals surface area contributed by atoms with Crippen LogP contribution >= 0.6 is 15.9 Å². The van der Waals surface area contributed by atoms with Gasteiger partial charge in [0.2, 0.25) is 5.88 Å². The Kier molecular flexibility index (Phi) is 3.53. The first-order valence-corrected chi connectivity index (χ1v) is 4.78. The highest BCUT2D eigenvalue weighted by Gasteiger charge is 1.99. The summed E-state index contributed by atoms with van der Waals surface area (Å²) < 4.78 is 6.40. The number of aromatic nitrogens is 1. The van der Waals surface area contributed by atoms with Gasteiger partial charge in [-0.15, -0.1) is 0 Å². The van der Waals surface area contributed by atoms with Crippen LogP contribution in [0.1, 0.15) is 18.9 Å². The molecule has 0 fully saturated rings. The average molecular weight is 230 g/mol. The first-order chi connectivity index (χ1) is 5.74. The van der Waals surface area contributed by atoms with Crippen molar-refractivity contribution in [2.24, 2.45) is 0 Å². The molecular weight excluding hydrogens is 218 g/mol. The lowest BCUT2D eigenvalue weighted by molar-refractivity contribution is 0.303. The smallest absolute Gasteiger partial charge is 0.216 e. The minimum atomic E-state index is 0.732. The van der Waals surface area contributed by atoms with E-state index in [1.165, 1.54) is 0 Å². The lowest BCUT2D eigenvalue weighted by atomic mass is 10.3. The van der Waals surface area contributed by atoms with Crippen molar-refractivity contribution in [3.8, 4) is 5.88 Å². The molecule has 2 nitrogen and oxygen atoms in total. The molecule has 0 unspecified atom stereocenters. The van der Waals surface area contributed by atoms with Gasteiger partial charge in [-0.3, -0.25) is 0 Å². The molecule has 0 aliphatic carbocycles. The summed E-state index contributed by atoms with van der Waals surface area (Å²) >= 11 is 3.35. The van der Waals surface area contributed by atoms with Crippen molar-refractivity contribution in [1.29, 1.82) is 0 Å². The highest BCUT2D eigenvalue weighted by molar-refractivity contribution is 9.10. The molecule has 0 aromatic carbocycles. The third-order valence-electron chi connectivity index (χ3n) is 1.44. The number of pyridine rings is 1. The molecule has 0 amide bonds. The van der Waals surface area contributed by atoms with E-state index in [1.54, 1.807) is 6.20 Å². The minimum absolute atomic E-state index is 0.732. The molecule has 0 bridgehead atoms. The summed E-state index contributed by atoms with van der Waals surface area (Å²) in [5.41, 5.74) is 1.07. The van der Waals surface area contributed by atoms with Gasteiger partial charge >= 0.3 is 0 Å². The molecule has 12 heavy (non-hydrogen) atoms. The molecular formula is C9H12BrNO. The summed E-state index contributed by atoms with van der Waals surface area (Å²) in [6.07, 6.45) is 2.76. The van der Waals surface area contributed by atoms with Crippen LogP contribution in [0.5, 0.6) is 5.88 Å². The lowest BCUT2D eigenvalue weighted by Gasteiger charge is -2.05. The zero-order valence-electron chi connectivity index (χ0n) is 7.30. The Hall–Kier alpha value is -0.570. The number of aryl methyl sites for hydroxylation is 1. The van der Waals surface area contributed by atoms with Crippen LogP contribution in [0.15, 0.2) is 16.7 Å². The van der Waals surface area contributed by atoms with Gasteiger partial charge in [0.25, 0.3) is 0 Å². The zero-order valence-corrected chi connectivity index (χ0v) is 8.89. The molecule has 0 aliphatic heterocycles. The molecule has 1 heterocycles. The number of nitrogens with zero attached hydrogens (tertiary/aromatic N) is 1. The van der Waals surface area contributed by atoms with Gasteiger partial charge in [0.15, 0.2) is 0 Å². The molecule has 1 aromatic rings. The van der Waals surface area contributed by atoms with Crippen molar-refractivity contribution >= 4 is 15.9 Å². The van der Waals surface area contributed by atoms with Gasteiger partial charge in [-0.1, -0.05) is 6.92 Å². The van der Waals surface area contributed by atoms with Crippen LogP contribution in [-0.4, -0.2) is 11.6 Å². The number of halogens is 1. The van der Waals surface area contributed by atoms with Crippen molar-refractivity contribution in [3.05, 3.63) is 22.3 Å². The average Bonchev–Trinajstić information content (AvgIpc) is 2.03. The number of hydrogen-bond acceptors (Lipinski definition) is 2. The number of hydrogen-bond donors (Lipinski definition) is 0. The topological polar surface area (TPSA) is 22.1 Å². The van der Waals surface area contributed by atoms with Gasteiger partial charge in [0.1, 0.15) is 0 Å². The molecule has 0 N–H and O–H groups in total. The van der Waals surface area contributed by atoms with Gasteiger partial charge < -0.3 is 4.74 Å². The van der Waals surface area contributed by atoms with Crippen LogP contribution in [0.4, 0.5) is 0 Å². The number of rotatable bonds is 3. The van der Waals surface area contributed by atoms with Crippen molar-refractivity contribution < 1.29 is 4.74 Å². The van der Waals surface area contributed by atoms with Gasteiger partial charge in [-0.25, -0.2) is 4.98 Å². The van der Waals surface area contributed by atoms with Crippen LogP contribution in [-0.2, 0) is 0 Å². The lowest BCUT2D eigenvalue weighted by Crippen LogP contribution is -1.98. The molecule has 0 aliphatic rings. The molecule has 3 heteroatoms. The van der Waals surface area contributed by atoms with Crippen LogP contribution < -0.4 is 4.74 Å². The Morgan fingerprint density at radius 2 is 2.33 bits per heavy atom. The summed E-state index contributed by atoms with van der Waals surface area (Å²) in [6.45, 7) is 4.80. The molecule has 0 radical (unpaired) electrons. The molecule has 0 saturated heterocycles. The third-order valence-corrected chi connectivity index (χ3v) is 1.87.